The van der Waals surface area contributed by atoms with Gasteiger partial charge in [0, 0.05) is 13.5 Å². The van der Waals surface area contributed by atoms with E-state index >= 15 is 0 Å². The molecular weight excluding hydrogens is 214 g/mol. The minimum absolute atomic E-state index is 0.0698. The van der Waals surface area contributed by atoms with Gasteiger partial charge in [0.2, 0.25) is 5.91 Å². The van der Waals surface area contributed by atoms with E-state index in [1.54, 1.807) is 4.90 Å². The molecule has 1 amide bonds. The Balaban J connectivity index is 2.87. The Morgan fingerprint density at radius 3 is 2.29 bits per heavy atom. The maximum Gasteiger partial charge on any atom is 0.220 e. The number of amides is 1. The molecule has 0 radical (unpaired) electrons. The summed E-state index contributed by atoms with van der Waals surface area (Å²) in [5.41, 5.74) is 1.04. The van der Waals surface area contributed by atoms with Crippen LogP contribution in [0, 0.1) is 5.92 Å². The Labute approximate surface area is 102 Å². The summed E-state index contributed by atoms with van der Waals surface area (Å²) in [6.45, 7) is 5.87. The smallest absolute Gasteiger partial charge is 0.220 e. The van der Waals surface area contributed by atoms with E-state index in [0.717, 1.165) is 11.8 Å². The summed E-state index contributed by atoms with van der Waals surface area (Å²) < 4.78 is 0. The lowest BCUT2D eigenvalue weighted by Crippen LogP contribution is -2.42. The molecule has 3 heteroatoms. The molecule has 1 unspecified atom stereocenters. The molecule has 0 aromatic heterocycles. The first-order valence-corrected chi connectivity index (χ1v) is 5.82. The second kappa shape index (κ2) is 6.18. The van der Waals surface area contributed by atoms with Crippen LogP contribution in [0.25, 0.3) is 0 Å². The van der Waals surface area contributed by atoms with Crippen molar-refractivity contribution in [3.05, 3.63) is 35.9 Å². The second-order valence-corrected chi connectivity index (χ2v) is 4.50. The van der Waals surface area contributed by atoms with Crippen molar-refractivity contribution in [3.63, 3.8) is 0 Å². The Morgan fingerprint density at radius 1 is 1.29 bits per heavy atom. The fourth-order valence-corrected chi connectivity index (χ4v) is 1.80. The van der Waals surface area contributed by atoms with Gasteiger partial charge in [0.05, 0.1) is 6.04 Å². The van der Waals surface area contributed by atoms with Crippen molar-refractivity contribution in [1.29, 1.82) is 0 Å². The number of rotatable bonds is 5. The summed E-state index contributed by atoms with van der Waals surface area (Å²) >= 11 is 0. The van der Waals surface area contributed by atoms with E-state index < -0.39 is 0 Å². The van der Waals surface area contributed by atoms with Gasteiger partial charge in [0.25, 0.3) is 0 Å². The Bertz CT molecular complexity index is 373. The number of benzene rings is 1. The fourth-order valence-electron chi connectivity index (χ4n) is 1.80. The number of aldehydes is 1. The van der Waals surface area contributed by atoms with Crippen molar-refractivity contribution in [3.8, 4) is 0 Å². The Kier molecular flexibility index (Phi) is 4.88. The van der Waals surface area contributed by atoms with Crippen LogP contribution in [0.4, 0.5) is 0 Å². The molecule has 1 rings (SSSR count). The first-order valence-electron chi connectivity index (χ1n) is 5.82. The molecule has 92 valence electrons. The molecule has 0 aliphatic rings. The van der Waals surface area contributed by atoms with Gasteiger partial charge in [0.1, 0.15) is 6.29 Å². The van der Waals surface area contributed by atoms with E-state index in [1.165, 1.54) is 6.92 Å². The van der Waals surface area contributed by atoms with Crippen LogP contribution in [0.3, 0.4) is 0 Å². The monoisotopic (exact) mass is 233 g/mol. The van der Waals surface area contributed by atoms with Crippen molar-refractivity contribution in [2.45, 2.75) is 33.4 Å². The standard InChI is InChI=1S/C14H19NO2/c1-11(2)14(10-16)15(12(3)17)9-13-7-5-4-6-8-13/h4-8,10-11,14H,9H2,1-3H3. The summed E-state index contributed by atoms with van der Waals surface area (Å²) in [6.07, 6.45) is 0.856. The van der Waals surface area contributed by atoms with E-state index in [1.807, 2.05) is 44.2 Å². The van der Waals surface area contributed by atoms with Crippen LogP contribution in [-0.2, 0) is 16.1 Å². The van der Waals surface area contributed by atoms with E-state index in [0.29, 0.717) is 6.54 Å². The highest BCUT2D eigenvalue weighted by Gasteiger charge is 2.23. The third-order valence-corrected chi connectivity index (χ3v) is 2.78. The van der Waals surface area contributed by atoms with Gasteiger partial charge in [-0.2, -0.15) is 0 Å². The Morgan fingerprint density at radius 2 is 1.88 bits per heavy atom. The van der Waals surface area contributed by atoms with Crippen molar-refractivity contribution in [2.75, 3.05) is 0 Å². The lowest BCUT2D eigenvalue weighted by Gasteiger charge is -2.29. The molecule has 0 N–H and O–H groups in total. The van der Waals surface area contributed by atoms with Crippen LogP contribution in [0.2, 0.25) is 0 Å². The van der Waals surface area contributed by atoms with E-state index in [2.05, 4.69) is 0 Å². The molecule has 0 bridgehead atoms. The molecule has 0 spiro atoms. The maximum absolute atomic E-state index is 11.6. The normalized spacial score (nSPS) is 12.2. The molecular formula is C14H19NO2. The number of nitrogens with zero attached hydrogens (tertiary/aromatic N) is 1. The van der Waals surface area contributed by atoms with E-state index in [-0.39, 0.29) is 17.9 Å². The third-order valence-electron chi connectivity index (χ3n) is 2.78. The molecule has 3 nitrogen and oxygen atoms in total. The first kappa shape index (κ1) is 13.4. The number of carbonyl (C=O) groups excluding carboxylic acids is 2. The number of carbonyl (C=O) groups is 2. The Hall–Kier alpha value is -1.64. The lowest BCUT2D eigenvalue weighted by atomic mass is 10.0. The van der Waals surface area contributed by atoms with Gasteiger partial charge in [-0.05, 0) is 11.5 Å². The zero-order valence-corrected chi connectivity index (χ0v) is 10.6. The lowest BCUT2D eigenvalue weighted by molar-refractivity contribution is -0.136. The fraction of sp³-hybridized carbons (Fsp3) is 0.429. The molecule has 0 saturated carbocycles. The number of hydrogen-bond donors (Lipinski definition) is 0. The predicted octanol–water partition coefficient (Wildman–Crippen LogP) is 2.26. The molecule has 0 saturated heterocycles. The van der Waals surface area contributed by atoms with Gasteiger partial charge in [0.15, 0.2) is 0 Å². The zero-order valence-electron chi connectivity index (χ0n) is 10.6. The molecule has 1 aromatic carbocycles. The van der Waals surface area contributed by atoms with Crippen LogP contribution in [-0.4, -0.2) is 23.1 Å². The van der Waals surface area contributed by atoms with Crippen molar-refractivity contribution in [1.82, 2.24) is 4.90 Å². The zero-order chi connectivity index (χ0) is 12.8. The van der Waals surface area contributed by atoms with Gasteiger partial charge in [-0.15, -0.1) is 0 Å². The minimum atomic E-state index is -0.354. The van der Waals surface area contributed by atoms with Crippen LogP contribution < -0.4 is 0 Å². The average molecular weight is 233 g/mol. The highest BCUT2D eigenvalue weighted by Crippen LogP contribution is 2.13. The quantitative estimate of drug-likeness (QED) is 0.731. The molecule has 0 aliphatic heterocycles. The summed E-state index contributed by atoms with van der Waals surface area (Å²) in [5.74, 6) is 0.0553. The summed E-state index contributed by atoms with van der Waals surface area (Å²) in [6, 6.07) is 9.35. The second-order valence-electron chi connectivity index (χ2n) is 4.50. The molecule has 0 heterocycles. The summed E-state index contributed by atoms with van der Waals surface area (Å²) in [4.78, 5) is 24.3. The number of hydrogen-bond acceptors (Lipinski definition) is 2. The predicted molar refractivity (Wildman–Crippen MR) is 67.4 cm³/mol. The summed E-state index contributed by atoms with van der Waals surface area (Å²) in [5, 5.41) is 0. The van der Waals surface area contributed by atoms with Crippen LogP contribution >= 0.6 is 0 Å². The third kappa shape index (κ3) is 3.70. The summed E-state index contributed by atoms with van der Waals surface area (Å²) in [7, 11) is 0. The average Bonchev–Trinajstić information content (AvgIpc) is 2.29. The highest BCUT2D eigenvalue weighted by atomic mass is 16.2. The molecule has 17 heavy (non-hydrogen) atoms. The van der Waals surface area contributed by atoms with Gasteiger partial charge in [-0.3, -0.25) is 4.79 Å². The van der Waals surface area contributed by atoms with Gasteiger partial charge >= 0.3 is 0 Å². The molecule has 0 fully saturated rings. The van der Waals surface area contributed by atoms with Crippen LogP contribution in [0.5, 0.6) is 0 Å². The highest BCUT2D eigenvalue weighted by molar-refractivity contribution is 5.77. The van der Waals surface area contributed by atoms with Crippen LogP contribution in [0.1, 0.15) is 26.3 Å². The first-order chi connectivity index (χ1) is 8.06. The van der Waals surface area contributed by atoms with Crippen molar-refractivity contribution < 1.29 is 9.59 Å². The molecule has 1 aromatic rings. The molecule has 1 atom stereocenters. The van der Waals surface area contributed by atoms with Gasteiger partial charge in [-0.25, -0.2) is 0 Å². The maximum atomic E-state index is 11.6. The van der Waals surface area contributed by atoms with Gasteiger partial charge in [-0.1, -0.05) is 44.2 Å². The van der Waals surface area contributed by atoms with Crippen LogP contribution in [0.15, 0.2) is 30.3 Å². The van der Waals surface area contributed by atoms with Gasteiger partial charge < -0.3 is 9.69 Å². The SMILES string of the molecule is CC(=O)N(Cc1ccccc1)C(C=O)C(C)C. The van der Waals surface area contributed by atoms with Crippen molar-refractivity contribution >= 4 is 12.2 Å². The van der Waals surface area contributed by atoms with Crippen molar-refractivity contribution in [2.24, 2.45) is 5.92 Å². The topological polar surface area (TPSA) is 37.4 Å². The largest absolute Gasteiger partial charge is 0.329 e. The minimum Gasteiger partial charge on any atom is -0.329 e. The molecule has 0 aliphatic carbocycles. The van der Waals surface area contributed by atoms with E-state index in [4.69, 9.17) is 0 Å². The van der Waals surface area contributed by atoms with E-state index in [9.17, 15) is 9.59 Å².